The molecule has 0 saturated heterocycles. The molecule has 1 fully saturated rings. The van der Waals surface area contributed by atoms with Crippen LogP contribution in [-0.4, -0.2) is 11.9 Å². The van der Waals surface area contributed by atoms with E-state index in [4.69, 9.17) is 5.26 Å². The van der Waals surface area contributed by atoms with E-state index < -0.39 is 0 Å². The first-order valence-corrected chi connectivity index (χ1v) is 7.16. The molecular formula is C17H20N2O. The monoisotopic (exact) mass is 268 g/mol. The maximum absolute atomic E-state index is 11.9. The molecule has 0 radical (unpaired) electrons. The second-order valence-electron chi connectivity index (χ2n) is 5.54. The minimum Gasteiger partial charge on any atom is -0.350 e. The van der Waals surface area contributed by atoms with Crippen molar-refractivity contribution in [3.63, 3.8) is 0 Å². The van der Waals surface area contributed by atoms with Crippen molar-refractivity contribution >= 4 is 12.0 Å². The van der Waals surface area contributed by atoms with Gasteiger partial charge >= 0.3 is 0 Å². The van der Waals surface area contributed by atoms with E-state index >= 15 is 0 Å². The van der Waals surface area contributed by atoms with E-state index in [1.54, 1.807) is 24.3 Å². The zero-order valence-corrected chi connectivity index (χ0v) is 11.8. The Morgan fingerprint density at radius 1 is 1.35 bits per heavy atom. The molecule has 1 aromatic rings. The lowest BCUT2D eigenvalue weighted by Crippen LogP contribution is -2.36. The van der Waals surface area contributed by atoms with Gasteiger partial charge in [-0.15, -0.1) is 0 Å². The maximum atomic E-state index is 11.9. The van der Waals surface area contributed by atoms with Gasteiger partial charge in [0.15, 0.2) is 0 Å². The smallest absolute Gasteiger partial charge is 0.244 e. The molecule has 0 spiro atoms. The van der Waals surface area contributed by atoms with Crippen LogP contribution in [0.3, 0.4) is 0 Å². The Balaban J connectivity index is 1.87. The molecule has 3 heteroatoms. The number of nitrogens with zero attached hydrogens (tertiary/aromatic N) is 1. The summed E-state index contributed by atoms with van der Waals surface area (Å²) in [7, 11) is 0. The third-order valence-corrected chi connectivity index (χ3v) is 3.81. The van der Waals surface area contributed by atoms with Crippen molar-refractivity contribution in [2.75, 3.05) is 0 Å². The number of carbonyl (C=O) groups is 1. The lowest BCUT2D eigenvalue weighted by molar-refractivity contribution is -0.117. The van der Waals surface area contributed by atoms with Gasteiger partial charge in [-0.2, -0.15) is 5.26 Å². The van der Waals surface area contributed by atoms with Crippen molar-refractivity contribution in [2.24, 2.45) is 5.92 Å². The predicted octanol–water partition coefficient (Wildman–Crippen LogP) is 3.27. The third kappa shape index (κ3) is 4.24. The highest BCUT2D eigenvalue weighted by Crippen LogP contribution is 2.23. The van der Waals surface area contributed by atoms with Crippen LogP contribution in [-0.2, 0) is 4.79 Å². The number of carbonyl (C=O) groups excluding carboxylic acids is 1. The van der Waals surface area contributed by atoms with E-state index in [2.05, 4.69) is 18.3 Å². The highest BCUT2D eigenvalue weighted by Gasteiger charge is 2.18. The molecule has 0 heterocycles. The molecular weight excluding hydrogens is 248 g/mol. The Labute approximate surface area is 120 Å². The Hall–Kier alpha value is -2.08. The van der Waals surface area contributed by atoms with Gasteiger partial charge in [-0.05, 0) is 55.4 Å². The van der Waals surface area contributed by atoms with E-state index in [0.717, 1.165) is 24.3 Å². The van der Waals surface area contributed by atoms with Crippen molar-refractivity contribution in [1.29, 1.82) is 5.26 Å². The Kier molecular flexibility index (Phi) is 4.95. The van der Waals surface area contributed by atoms with Gasteiger partial charge in [-0.1, -0.05) is 19.1 Å². The van der Waals surface area contributed by atoms with Crippen LogP contribution in [0.25, 0.3) is 6.08 Å². The number of amides is 1. The molecule has 0 bridgehead atoms. The molecule has 0 aliphatic heterocycles. The summed E-state index contributed by atoms with van der Waals surface area (Å²) in [4.78, 5) is 11.9. The second kappa shape index (κ2) is 6.91. The van der Waals surface area contributed by atoms with Crippen molar-refractivity contribution in [3.8, 4) is 6.07 Å². The van der Waals surface area contributed by atoms with E-state index in [9.17, 15) is 4.79 Å². The SMILES string of the molecule is CC1CCC(NC(=O)C=Cc2cccc(C#N)c2)CC1. The fraction of sp³-hybridized carbons (Fsp3) is 0.412. The average Bonchev–Trinajstić information content (AvgIpc) is 2.48. The van der Waals surface area contributed by atoms with Gasteiger partial charge in [0, 0.05) is 12.1 Å². The summed E-state index contributed by atoms with van der Waals surface area (Å²) in [5, 5.41) is 11.9. The molecule has 1 aliphatic carbocycles. The summed E-state index contributed by atoms with van der Waals surface area (Å²) in [6.45, 7) is 2.26. The Morgan fingerprint density at radius 3 is 2.80 bits per heavy atom. The molecule has 0 atom stereocenters. The zero-order chi connectivity index (χ0) is 14.4. The van der Waals surface area contributed by atoms with Crippen LogP contribution < -0.4 is 5.32 Å². The van der Waals surface area contributed by atoms with E-state index in [-0.39, 0.29) is 5.91 Å². The molecule has 0 aromatic heterocycles. The minimum absolute atomic E-state index is 0.0492. The van der Waals surface area contributed by atoms with Crippen molar-refractivity contribution in [1.82, 2.24) is 5.32 Å². The molecule has 1 saturated carbocycles. The van der Waals surface area contributed by atoms with Crippen LogP contribution >= 0.6 is 0 Å². The van der Waals surface area contributed by atoms with Gasteiger partial charge in [0.2, 0.25) is 5.91 Å². The minimum atomic E-state index is -0.0492. The fourth-order valence-corrected chi connectivity index (χ4v) is 2.54. The molecule has 1 N–H and O–H groups in total. The molecule has 0 unspecified atom stereocenters. The summed E-state index contributed by atoms with van der Waals surface area (Å²) in [6.07, 6.45) is 7.84. The summed E-state index contributed by atoms with van der Waals surface area (Å²) in [6, 6.07) is 9.62. The lowest BCUT2D eigenvalue weighted by atomic mass is 9.87. The van der Waals surface area contributed by atoms with Gasteiger partial charge in [0.05, 0.1) is 11.6 Å². The van der Waals surface area contributed by atoms with Crippen LogP contribution in [0, 0.1) is 17.2 Å². The van der Waals surface area contributed by atoms with Gasteiger partial charge in [0.1, 0.15) is 0 Å². The van der Waals surface area contributed by atoms with Gasteiger partial charge in [-0.25, -0.2) is 0 Å². The molecule has 20 heavy (non-hydrogen) atoms. The molecule has 1 aromatic carbocycles. The van der Waals surface area contributed by atoms with Gasteiger partial charge in [-0.3, -0.25) is 4.79 Å². The zero-order valence-electron chi connectivity index (χ0n) is 11.8. The quantitative estimate of drug-likeness (QED) is 0.855. The van der Waals surface area contributed by atoms with Crippen molar-refractivity contribution < 1.29 is 4.79 Å². The molecule has 3 nitrogen and oxygen atoms in total. The lowest BCUT2D eigenvalue weighted by Gasteiger charge is -2.26. The summed E-state index contributed by atoms with van der Waals surface area (Å²) < 4.78 is 0. The first kappa shape index (κ1) is 14.3. The molecule has 1 aliphatic rings. The standard InChI is InChI=1S/C17H20N2O/c1-13-5-8-16(9-6-13)19-17(20)10-7-14-3-2-4-15(11-14)12-18/h2-4,7,10-11,13,16H,5-6,8-9H2,1H3,(H,19,20). The average molecular weight is 268 g/mol. The summed E-state index contributed by atoms with van der Waals surface area (Å²) in [5.41, 5.74) is 1.48. The number of hydrogen-bond donors (Lipinski definition) is 1. The number of nitrogens with one attached hydrogen (secondary N) is 1. The first-order valence-electron chi connectivity index (χ1n) is 7.16. The largest absolute Gasteiger partial charge is 0.350 e. The van der Waals surface area contributed by atoms with Crippen molar-refractivity contribution in [2.45, 2.75) is 38.6 Å². The topological polar surface area (TPSA) is 52.9 Å². The third-order valence-electron chi connectivity index (χ3n) is 3.81. The number of rotatable bonds is 3. The summed E-state index contributed by atoms with van der Waals surface area (Å²) >= 11 is 0. The van der Waals surface area contributed by atoms with E-state index in [1.807, 2.05) is 12.1 Å². The fourth-order valence-electron chi connectivity index (χ4n) is 2.54. The number of hydrogen-bond acceptors (Lipinski definition) is 2. The second-order valence-corrected chi connectivity index (χ2v) is 5.54. The Bertz CT molecular complexity index is 534. The van der Waals surface area contributed by atoms with Crippen LogP contribution in [0.15, 0.2) is 30.3 Å². The molecule has 104 valence electrons. The highest BCUT2D eigenvalue weighted by molar-refractivity contribution is 5.91. The number of nitriles is 1. The van der Waals surface area contributed by atoms with Crippen LogP contribution in [0.4, 0.5) is 0 Å². The summed E-state index contributed by atoms with van der Waals surface area (Å²) in [5.74, 6) is 0.735. The van der Waals surface area contributed by atoms with Crippen LogP contribution in [0.1, 0.15) is 43.7 Å². The van der Waals surface area contributed by atoms with Crippen molar-refractivity contribution in [3.05, 3.63) is 41.5 Å². The molecule has 1 amide bonds. The van der Waals surface area contributed by atoms with Crippen LogP contribution in [0.5, 0.6) is 0 Å². The molecule has 2 rings (SSSR count). The number of benzene rings is 1. The van der Waals surface area contributed by atoms with Crippen LogP contribution in [0.2, 0.25) is 0 Å². The highest BCUT2D eigenvalue weighted by atomic mass is 16.1. The van der Waals surface area contributed by atoms with Gasteiger partial charge < -0.3 is 5.32 Å². The first-order chi connectivity index (χ1) is 9.67. The normalized spacial score (nSPS) is 22.4. The maximum Gasteiger partial charge on any atom is 0.244 e. The van der Waals surface area contributed by atoms with Gasteiger partial charge in [0.25, 0.3) is 0 Å². The van der Waals surface area contributed by atoms with E-state index in [0.29, 0.717) is 11.6 Å². The predicted molar refractivity (Wildman–Crippen MR) is 79.8 cm³/mol. The Morgan fingerprint density at radius 2 is 2.10 bits per heavy atom. The van der Waals surface area contributed by atoms with E-state index in [1.165, 1.54) is 12.8 Å².